The molecule has 1 aliphatic heterocycles. The predicted octanol–water partition coefficient (Wildman–Crippen LogP) is 6.58. The first-order valence-electron chi connectivity index (χ1n) is 12.2. The predicted molar refractivity (Wildman–Crippen MR) is 147 cm³/mol. The van der Waals surface area contributed by atoms with Gasteiger partial charge in [-0.1, -0.05) is 72.8 Å². The van der Waals surface area contributed by atoms with E-state index < -0.39 is 7.12 Å². The van der Waals surface area contributed by atoms with Crippen molar-refractivity contribution in [2.75, 3.05) is 0 Å². The van der Waals surface area contributed by atoms with E-state index in [1.54, 1.807) is 6.07 Å². The molecule has 1 aromatic heterocycles. The van der Waals surface area contributed by atoms with Crippen LogP contribution in [0.15, 0.2) is 100 Å². The zero-order valence-electron chi connectivity index (χ0n) is 20.9. The van der Waals surface area contributed by atoms with E-state index in [4.69, 9.17) is 13.7 Å². The van der Waals surface area contributed by atoms with E-state index in [0.717, 1.165) is 27.7 Å². The number of rotatable bonds is 3. The summed E-state index contributed by atoms with van der Waals surface area (Å²) in [7, 11) is -0.400. The molecule has 2 heterocycles. The van der Waals surface area contributed by atoms with Gasteiger partial charge in [-0.2, -0.15) is 0 Å². The largest absolute Gasteiger partial charge is 0.494 e. The Labute approximate surface area is 210 Å². The van der Waals surface area contributed by atoms with Crippen molar-refractivity contribution in [3.05, 3.63) is 101 Å². The second kappa shape index (κ2) is 8.19. The third-order valence-corrected chi connectivity index (χ3v) is 7.54. The molecule has 4 aromatic carbocycles. The lowest BCUT2D eigenvalue weighted by molar-refractivity contribution is 0.00578. The molecule has 0 radical (unpaired) electrons. The van der Waals surface area contributed by atoms with E-state index >= 15 is 0 Å². The highest BCUT2D eigenvalue weighted by Gasteiger charge is 2.51. The summed E-state index contributed by atoms with van der Waals surface area (Å²) >= 11 is 0. The van der Waals surface area contributed by atoms with E-state index in [1.165, 1.54) is 0 Å². The highest BCUT2D eigenvalue weighted by molar-refractivity contribution is 6.62. The van der Waals surface area contributed by atoms with Gasteiger partial charge >= 0.3 is 7.12 Å². The summed E-state index contributed by atoms with van der Waals surface area (Å²) in [6, 6.07) is 29.7. The van der Waals surface area contributed by atoms with E-state index in [2.05, 4.69) is 64.1 Å². The minimum absolute atomic E-state index is 0.00941. The van der Waals surface area contributed by atoms with Crippen LogP contribution in [-0.4, -0.2) is 18.3 Å². The van der Waals surface area contributed by atoms with E-state index in [0.29, 0.717) is 21.9 Å². The second-order valence-corrected chi connectivity index (χ2v) is 10.4. The molecular weight excluding hydrogens is 447 g/mol. The summed E-state index contributed by atoms with van der Waals surface area (Å²) in [6.07, 6.45) is 0. The normalized spacial score (nSPS) is 16.6. The second-order valence-electron chi connectivity index (χ2n) is 10.4. The fourth-order valence-corrected chi connectivity index (χ4v) is 4.74. The topological polar surface area (TPSA) is 48.7 Å². The summed E-state index contributed by atoms with van der Waals surface area (Å²) in [5.41, 5.74) is 5.49. The Balaban J connectivity index is 1.36. The first-order chi connectivity index (χ1) is 17.2. The molecule has 0 bridgehead atoms. The van der Waals surface area contributed by atoms with Crippen LogP contribution in [0.5, 0.6) is 0 Å². The molecule has 6 rings (SSSR count). The first-order valence-corrected chi connectivity index (χ1v) is 12.2. The summed E-state index contributed by atoms with van der Waals surface area (Å²) in [5, 5.41) is 1.18. The van der Waals surface area contributed by atoms with Crippen LogP contribution in [0.4, 0.5) is 0 Å². The zero-order valence-corrected chi connectivity index (χ0v) is 20.9. The molecule has 0 atom stereocenters. The van der Waals surface area contributed by atoms with Crippen molar-refractivity contribution < 1.29 is 13.7 Å². The Morgan fingerprint density at radius 2 is 1.28 bits per heavy atom. The molecular formula is C31H27BO4. The molecule has 5 aromatic rings. The van der Waals surface area contributed by atoms with Crippen LogP contribution in [0.2, 0.25) is 0 Å². The smallest absolute Gasteiger partial charge is 0.455 e. The van der Waals surface area contributed by atoms with Crippen molar-refractivity contribution in [2.24, 2.45) is 0 Å². The van der Waals surface area contributed by atoms with Crippen molar-refractivity contribution in [1.29, 1.82) is 0 Å². The molecule has 178 valence electrons. The van der Waals surface area contributed by atoms with Crippen LogP contribution < -0.4 is 10.9 Å². The van der Waals surface area contributed by atoms with Gasteiger partial charge in [0.1, 0.15) is 11.2 Å². The highest BCUT2D eigenvalue weighted by atomic mass is 16.7. The fourth-order valence-electron chi connectivity index (χ4n) is 4.74. The van der Waals surface area contributed by atoms with Crippen molar-refractivity contribution in [3.63, 3.8) is 0 Å². The summed E-state index contributed by atoms with van der Waals surface area (Å²) < 4.78 is 18.7. The van der Waals surface area contributed by atoms with Gasteiger partial charge < -0.3 is 13.7 Å². The van der Waals surface area contributed by atoms with Gasteiger partial charge in [0.25, 0.3) is 0 Å². The standard InChI is InChI=1S/C31H27BO4/c1-30(2)31(3,4)36-32(35-30)23-10-7-9-22(19-23)20-15-17-21(18-16-20)24-12-8-13-26-28(33)25-11-5-6-14-27(25)34-29(24)26/h5-19H,1-4H3. The lowest BCUT2D eigenvalue weighted by Gasteiger charge is -2.32. The van der Waals surface area contributed by atoms with Crippen molar-refractivity contribution in [2.45, 2.75) is 38.9 Å². The van der Waals surface area contributed by atoms with Gasteiger partial charge in [-0.15, -0.1) is 0 Å². The molecule has 1 aliphatic rings. The Morgan fingerprint density at radius 3 is 2.03 bits per heavy atom. The van der Waals surface area contributed by atoms with Crippen molar-refractivity contribution in [1.82, 2.24) is 0 Å². The van der Waals surface area contributed by atoms with Crippen molar-refractivity contribution >= 4 is 34.5 Å². The molecule has 0 unspecified atom stereocenters. The van der Waals surface area contributed by atoms with E-state index in [1.807, 2.05) is 48.5 Å². The highest BCUT2D eigenvalue weighted by Crippen LogP contribution is 2.37. The van der Waals surface area contributed by atoms with Gasteiger partial charge in [-0.25, -0.2) is 0 Å². The number of fused-ring (bicyclic) bond motifs is 2. The van der Waals surface area contributed by atoms with Gasteiger partial charge in [-0.3, -0.25) is 4.79 Å². The zero-order chi connectivity index (χ0) is 25.1. The summed E-state index contributed by atoms with van der Waals surface area (Å²) in [4.78, 5) is 13.1. The number of benzene rings is 4. The molecule has 0 amide bonds. The SMILES string of the molecule is CC1(C)OB(c2cccc(-c3ccc(-c4cccc5c(=O)c6ccccc6oc45)cc3)c2)OC1(C)C. The van der Waals surface area contributed by atoms with Crippen LogP contribution >= 0.6 is 0 Å². The van der Waals surface area contributed by atoms with Crippen LogP contribution in [0.1, 0.15) is 27.7 Å². The first kappa shape index (κ1) is 22.8. The molecule has 5 heteroatoms. The Bertz CT molecular complexity index is 1650. The maximum Gasteiger partial charge on any atom is 0.494 e. The van der Waals surface area contributed by atoms with Crippen LogP contribution in [-0.2, 0) is 9.31 Å². The lowest BCUT2D eigenvalue weighted by atomic mass is 9.78. The monoisotopic (exact) mass is 474 g/mol. The molecule has 0 aliphatic carbocycles. The van der Waals surface area contributed by atoms with Crippen molar-refractivity contribution in [3.8, 4) is 22.3 Å². The minimum Gasteiger partial charge on any atom is -0.455 e. The number of para-hydroxylation sites is 2. The summed E-state index contributed by atoms with van der Waals surface area (Å²) in [5.74, 6) is 0. The average Bonchev–Trinajstić information content (AvgIpc) is 3.11. The Morgan fingerprint density at radius 1 is 0.639 bits per heavy atom. The molecule has 36 heavy (non-hydrogen) atoms. The number of hydrogen-bond acceptors (Lipinski definition) is 4. The van der Waals surface area contributed by atoms with E-state index in [9.17, 15) is 4.79 Å². The van der Waals surface area contributed by atoms with Gasteiger partial charge in [-0.05, 0) is 68.0 Å². The minimum atomic E-state index is -0.400. The number of hydrogen-bond donors (Lipinski definition) is 0. The third kappa shape index (κ3) is 3.67. The fraction of sp³-hybridized carbons (Fsp3) is 0.194. The molecule has 1 saturated heterocycles. The molecule has 0 saturated carbocycles. The van der Waals surface area contributed by atoms with E-state index in [-0.39, 0.29) is 16.6 Å². The quantitative estimate of drug-likeness (QED) is 0.219. The van der Waals surface area contributed by atoms with Crippen LogP contribution in [0.3, 0.4) is 0 Å². The van der Waals surface area contributed by atoms with Gasteiger partial charge in [0, 0.05) is 5.56 Å². The third-order valence-electron chi connectivity index (χ3n) is 7.54. The van der Waals surface area contributed by atoms with Crippen LogP contribution in [0, 0.1) is 0 Å². The van der Waals surface area contributed by atoms with Gasteiger partial charge in [0.15, 0.2) is 0 Å². The Kier molecular flexibility index (Phi) is 5.18. The Hall–Kier alpha value is -3.67. The van der Waals surface area contributed by atoms with Crippen LogP contribution in [0.25, 0.3) is 44.2 Å². The molecule has 1 fully saturated rings. The van der Waals surface area contributed by atoms with Gasteiger partial charge in [0.2, 0.25) is 5.43 Å². The van der Waals surface area contributed by atoms with Gasteiger partial charge in [0.05, 0.1) is 22.0 Å². The summed E-state index contributed by atoms with van der Waals surface area (Å²) in [6.45, 7) is 8.25. The average molecular weight is 474 g/mol. The maximum absolute atomic E-state index is 13.1. The molecule has 0 spiro atoms. The molecule has 4 nitrogen and oxygen atoms in total. The lowest BCUT2D eigenvalue weighted by Crippen LogP contribution is -2.41. The maximum atomic E-state index is 13.1. The molecule has 0 N–H and O–H groups in total.